The Kier molecular flexibility index (Phi) is 4.62. The van der Waals surface area contributed by atoms with Crippen LogP contribution >= 0.6 is 0 Å². The molecule has 152 valence electrons. The smallest absolute Gasteiger partial charge is 0.409 e. The lowest BCUT2D eigenvalue weighted by Crippen LogP contribution is -2.49. The van der Waals surface area contributed by atoms with Crippen LogP contribution in [-0.4, -0.2) is 46.5 Å². The average Bonchev–Trinajstić information content (AvgIpc) is 3.45. The summed E-state index contributed by atoms with van der Waals surface area (Å²) >= 11 is 0. The van der Waals surface area contributed by atoms with E-state index in [1.165, 1.54) is 22.3 Å². The van der Waals surface area contributed by atoms with Crippen molar-refractivity contribution >= 4 is 12.4 Å². The van der Waals surface area contributed by atoms with Crippen LogP contribution in [-0.2, 0) is 15.1 Å². The Morgan fingerprint density at radius 3 is 2.27 bits per heavy atom. The number of ether oxygens (including phenoxy) is 1. The van der Waals surface area contributed by atoms with Gasteiger partial charge in [-0.25, -0.2) is 9.78 Å². The largest absolute Gasteiger partial charge is 0.448 e. The van der Waals surface area contributed by atoms with Crippen LogP contribution in [0.1, 0.15) is 29.9 Å². The van der Waals surface area contributed by atoms with E-state index in [0.717, 1.165) is 6.29 Å². The van der Waals surface area contributed by atoms with Crippen LogP contribution in [0, 0.1) is 0 Å². The number of likely N-dealkylation sites (tertiary alicyclic amines) is 1. The highest BCUT2D eigenvalue weighted by molar-refractivity contribution is 5.79. The van der Waals surface area contributed by atoms with Gasteiger partial charge in [0.15, 0.2) is 0 Å². The third-order valence-electron chi connectivity index (χ3n) is 6.46. The van der Waals surface area contributed by atoms with E-state index in [9.17, 15) is 9.59 Å². The first kappa shape index (κ1) is 18.6. The van der Waals surface area contributed by atoms with Crippen molar-refractivity contribution in [1.82, 2.24) is 14.5 Å². The summed E-state index contributed by atoms with van der Waals surface area (Å²) in [6.07, 6.45) is 6.90. The van der Waals surface area contributed by atoms with E-state index >= 15 is 0 Å². The number of amides is 1. The lowest BCUT2D eigenvalue weighted by Gasteiger charge is -2.38. The molecule has 1 aliphatic heterocycles. The average molecular weight is 401 g/mol. The van der Waals surface area contributed by atoms with Crippen LogP contribution in [0.4, 0.5) is 4.79 Å². The number of hydrogen-bond donors (Lipinski definition) is 0. The third-order valence-corrected chi connectivity index (χ3v) is 6.46. The van der Waals surface area contributed by atoms with Crippen molar-refractivity contribution in [3.8, 4) is 11.1 Å². The van der Waals surface area contributed by atoms with Crippen LogP contribution in [0.25, 0.3) is 11.1 Å². The molecule has 1 fully saturated rings. The predicted octanol–water partition coefficient (Wildman–Crippen LogP) is 3.82. The number of aldehydes is 1. The van der Waals surface area contributed by atoms with Crippen molar-refractivity contribution in [2.24, 2.45) is 0 Å². The van der Waals surface area contributed by atoms with Crippen molar-refractivity contribution in [3.05, 3.63) is 78.4 Å². The predicted molar refractivity (Wildman–Crippen MR) is 112 cm³/mol. The van der Waals surface area contributed by atoms with Crippen molar-refractivity contribution in [1.29, 1.82) is 0 Å². The van der Waals surface area contributed by atoms with Gasteiger partial charge in [0.1, 0.15) is 18.4 Å². The zero-order valence-electron chi connectivity index (χ0n) is 16.6. The molecule has 6 nitrogen and oxygen atoms in total. The number of carbonyl (C=O) groups is 2. The molecule has 2 aliphatic rings. The van der Waals surface area contributed by atoms with Gasteiger partial charge in [-0.05, 0) is 35.1 Å². The molecular formula is C24H23N3O3. The Labute approximate surface area is 175 Å². The van der Waals surface area contributed by atoms with Crippen molar-refractivity contribution in [2.75, 3.05) is 19.7 Å². The normalized spacial score (nSPS) is 17.3. The quantitative estimate of drug-likeness (QED) is 0.624. The molecule has 1 saturated heterocycles. The highest BCUT2D eigenvalue weighted by Crippen LogP contribution is 2.44. The Balaban J connectivity index is 1.26. The van der Waals surface area contributed by atoms with Gasteiger partial charge in [-0.3, -0.25) is 0 Å². The van der Waals surface area contributed by atoms with E-state index in [-0.39, 0.29) is 12.0 Å². The molecule has 0 saturated carbocycles. The van der Waals surface area contributed by atoms with Crippen LogP contribution in [0.3, 0.4) is 0 Å². The summed E-state index contributed by atoms with van der Waals surface area (Å²) in [5, 5.41) is 0. The zero-order chi connectivity index (χ0) is 20.6. The van der Waals surface area contributed by atoms with Crippen LogP contribution in [0.2, 0.25) is 0 Å². The maximum atomic E-state index is 12.8. The highest BCUT2D eigenvalue weighted by atomic mass is 16.6. The lowest BCUT2D eigenvalue weighted by atomic mass is 9.89. The molecule has 1 aliphatic carbocycles. The standard InChI is InChI=1S/C24H23N3O3/c28-16-24(27-14-11-25-17-27)9-12-26(13-10-24)23(29)30-15-22-20-7-3-1-5-18(20)19-6-2-4-8-21(19)22/h1-8,11,14,16-17,22H,9-10,12-13,15H2. The Morgan fingerprint density at radius 2 is 1.70 bits per heavy atom. The number of benzene rings is 2. The summed E-state index contributed by atoms with van der Waals surface area (Å²) in [6, 6.07) is 16.6. The molecule has 5 rings (SSSR count). The van der Waals surface area contributed by atoms with Crippen molar-refractivity contribution < 1.29 is 14.3 Å². The van der Waals surface area contributed by atoms with E-state index < -0.39 is 5.54 Å². The Morgan fingerprint density at radius 1 is 1.07 bits per heavy atom. The highest BCUT2D eigenvalue weighted by Gasteiger charge is 2.38. The first-order chi connectivity index (χ1) is 14.7. The monoisotopic (exact) mass is 401 g/mol. The minimum absolute atomic E-state index is 0.0474. The molecule has 0 N–H and O–H groups in total. The van der Waals surface area contributed by atoms with Crippen LogP contribution in [0.15, 0.2) is 67.3 Å². The van der Waals surface area contributed by atoms with Gasteiger partial charge in [0, 0.05) is 31.4 Å². The first-order valence-corrected chi connectivity index (χ1v) is 10.3. The molecule has 0 spiro atoms. The fraction of sp³-hybridized carbons (Fsp3) is 0.292. The minimum Gasteiger partial charge on any atom is -0.448 e. The number of fused-ring (bicyclic) bond motifs is 3. The summed E-state index contributed by atoms with van der Waals surface area (Å²) in [6.45, 7) is 1.27. The molecule has 0 atom stereocenters. The van der Waals surface area contributed by atoms with Gasteiger partial charge in [-0.1, -0.05) is 48.5 Å². The van der Waals surface area contributed by atoms with Gasteiger partial charge in [0.05, 0.1) is 6.33 Å². The summed E-state index contributed by atoms with van der Waals surface area (Å²) in [7, 11) is 0. The van der Waals surface area contributed by atoms with Gasteiger partial charge in [0.2, 0.25) is 0 Å². The molecule has 0 unspecified atom stereocenters. The zero-order valence-corrected chi connectivity index (χ0v) is 16.6. The van der Waals surface area contributed by atoms with Crippen molar-refractivity contribution in [2.45, 2.75) is 24.3 Å². The molecule has 30 heavy (non-hydrogen) atoms. The maximum absolute atomic E-state index is 12.8. The van der Waals surface area contributed by atoms with Crippen molar-refractivity contribution in [3.63, 3.8) is 0 Å². The number of aromatic nitrogens is 2. The SMILES string of the molecule is O=CC1(n2ccnc2)CCN(C(=O)OCC2c3ccccc3-c3ccccc32)CC1. The van der Waals surface area contributed by atoms with E-state index in [1.54, 1.807) is 23.6 Å². The molecule has 0 radical (unpaired) electrons. The molecule has 3 aromatic rings. The number of nitrogens with zero attached hydrogens (tertiary/aromatic N) is 3. The molecule has 1 aromatic heterocycles. The molecule has 1 amide bonds. The summed E-state index contributed by atoms with van der Waals surface area (Å²) < 4.78 is 7.59. The molecule has 2 aromatic carbocycles. The summed E-state index contributed by atoms with van der Waals surface area (Å²) in [5.74, 6) is 0.0474. The topological polar surface area (TPSA) is 64.4 Å². The Bertz CT molecular complexity index is 1020. The first-order valence-electron chi connectivity index (χ1n) is 10.3. The summed E-state index contributed by atoms with van der Waals surface area (Å²) in [4.78, 5) is 30.3. The maximum Gasteiger partial charge on any atom is 0.409 e. The van der Waals surface area contributed by atoms with E-state index in [0.29, 0.717) is 32.5 Å². The molecule has 6 heteroatoms. The van der Waals surface area contributed by atoms with Gasteiger partial charge < -0.3 is 19.0 Å². The molecule has 0 bridgehead atoms. The van der Waals surface area contributed by atoms with E-state index in [1.807, 2.05) is 28.8 Å². The van der Waals surface area contributed by atoms with Crippen LogP contribution in [0.5, 0.6) is 0 Å². The van der Waals surface area contributed by atoms with Crippen LogP contribution < -0.4 is 0 Å². The van der Waals surface area contributed by atoms with Gasteiger partial charge in [-0.15, -0.1) is 0 Å². The number of carbonyl (C=O) groups excluding carboxylic acids is 2. The lowest BCUT2D eigenvalue weighted by molar-refractivity contribution is -0.117. The summed E-state index contributed by atoms with van der Waals surface area (Å²) in [5.41, 5.74) is 4.19. The number of imidazole rings is 1. The van der Waals surface area contributed by atoms with Gasteiger partial charge in [-0.2, -0.15) is 0 Å². The molecular weight excluding hydrogens is 378 g/mol. The number of piperidine rings is 1. The second kappa shape index (κ2) is 7.44. The second-order valence-electron chi connectivity index (χ2n) is 7.98. The fourth-order valence-corrected chi connectivity index (χ4v) is 4.72. The van der Waals surface area contributed by atoms with E-state index in [2.05, 4.69) is 29.2 Å². The minimum atomic E-state index is -0.628. The van der Waals surface area contributed by atoms with E-state index in [4.69, 9.17) is 4.74 Å². The molecule has 2 heterocycles. The van der Waals surface area contributed by atoms with Gasteiger partial charge >= 0.3 is 6.09 Å². The Hall–Kier alpha value is -3.41. The fourth-order valence-electron chi connectivity index (χ4n) is 4.72. The third kappa shape index (κ3) is 3.00. The van der Waals surface area contributed by atoms with Gasteiger partial charge in [0.25, 0.3) is 0 Å². The number of hydrogen-bond acceptors (Lipinski definition) is 4. The second-order valence-corrected chi connectivity index (χ2v) is 7.98. The number of rotatable bonds is 4.